The lowest BCUT2D eigenvalue weighted by molar-refractivity contribution is 0.00592. The number of H-pyrrole nitrogens is 1. The van der Waals surface area contributed by atoms with E-state index < -0.39 is 19.0 Å². The van der Waals surface area contributed by atoms with Crippen LogP contribution in [-0.4, -0.2) is 52.4 Å². The van der Waals surface area contributed by atoms with Crippen LogP contribution in [0.1, 0.15) is 5.56 Å². The molecule has 0 amide bonds. The number of nitrogens with zero attached hydrogens (tertiary/aromatic N) is 3. The summed E-state index contributed by atoms with van der Waals surface area (Å²) in [6.07, 6.45) is 0.959. The van der Waals surface area contributed by atoms with Crippen molar-refractivity contribution >= 4 is 24.5 Å². The van der Waals surface area contributed by atoms with Crippen LogP contribution in [0.15, 0.2) is 41.5 Å². The quantitative estimate of drug-likeness (QED) is 0.474. The van der Waals surface area contributed by atoms with E-state index in [2.05, 4.69) is 15.0 Å². The fourth-order valence-electron chi connectivity index (χ4n) is 2.73. The number of nitrogens with two attached hydrogens (primary N) is 1. The zero-order valence-electron chi connectivity index (χ0n) is 16.3. The first-order valence-corrected chi connectivity index (χ1v) is 11.2. The zero-order chi connectivity index (χ0) is 20.9. The summed E-state index contributed by atoms with van der Waals surface area (Å²) in [6.45, 7) is 2.31. The first-order chi connectivity index (χ1) is 13.9. The van der Waals surface area contributed by atoms with Gasteiger partial charge >= 0.3 is 0 Å². The highest BCUT2D eigenvalue weighted by Gasteiger charge is 2.21. The molecule has 0 aliphatic heterocycles. The van der Waals surface area contributed by atoms with Crippen LogP contribution >= 0.6 is 7.37 Å². The number of imidazole rings is 1. The predicted octanol–water partition coefficient (Wildman–Crippen LogP) is 1.82. The number of nitrogen functional groups attached to an aromatic ring is 1. The number of methoxy groups -OCH3 is 1. The first kappa shape index (κ1) is 21.2. The van der Waals surface area contributed by atoms with Crippen LogP contribution < -0.4 is 11.3 Å². The van der Waals surface area contributed by atoms with E-state index in [0.29, 0.717) is 12.2 Å². The second-order valence-corrected chi connectivity index (χ2v) is 9.21. The molecule has 29 heavy (non-hydrogen) atoms. The van der Waals surface area contributed by atoms with E-state index in [9.17, 15) is 9.36 Å². The summed E-state index contributed by atoms with van der Waals surface area (Å²) in [5.74, 6) is 0.000770. The molecular weight excluding hydrogens is 397 g/mol. The van der Waals surface area contributed by atoms with Gasteiger partial charge in [0.2, 0.25) is 13.3 Å². The van der Waals surface area contributed by atoms with Crippen LogP contribution in [0.2, 0.25) is 0 Å². The maximum absolute atomic E-state index is 12.7. The maximum atomic E-state index is 12.7. The van der Waals surface area contributed by atoms with Crippen molar-refractivity contribution in [1.82, 2.24) is 19.5 Å². The summed E-state index contributed by atoms with van der Waals surface area (Å²) in [4.78, 5) is 22.5. The Bertz CT molecular complexity index is 1050. The van der Waals surface area contributed by atoms with Crippen LogP contribution in [-0.2, 0) is 31.7 Å². The lowest BCUT2D eigenvalue weighted by atomic mass is 10.2. The Morgan fingerprint density at radius 1 is 1.31 bits per heavy atom. The summed E-state index contributed by atoms with van der Waals surface area (Å²) < 4.78 is 31.0. The van der Waals surface area contributed by atoms with Gasteiger partial charge in [-0.3, -0.25) is 14.3 Å². The van der Waals surface area contributed by atoms with E-state index in [1.807, 2.05) is 30.3 Å². The van der Waals surface area contributed by atoms with Gasteiger partial charge in [-0.2, -0.15) is 4.98 Å². The van der Waals surface area contributed by atoms with Gasteiger partial charge in [-0.1, -0.05) is 30.3 Å². The predicted molar refractivity (Wildman–Crippen MR) is 109 cm³/mol. The van der Waals surface area contributed by atoms with Crippen LogP contribution in [0.4, 0.5) is 5.95 Å². The minimum atomic E-state index is -2.98. The Morgan fingerprint density at radius 2 is 2.07 bits per heavy atom. The Kier molecular flexibility index (Phi) is 6.81. The molecule has 0 aliphatic rings. The SMILES string of the molecule is COC[C@@H](Cn1cnc2c(=O)[nH]c(N)nc21)OCP(C)(=O)OCc1ccccc1. The highest BCUT2D eigenvalue weighted by Crippen LogP contribution is 2.43. The monoisotopic (exact) mass is 421 g/mol. The molecule has 156 valence electrons. The van der Waals surface area contributed by atoms with Crippen molar-refractivity contribution in [1.29, 1.82) is 0 Å². The third-order valence-corrected chi connectivity index (χ3v) is 5.43. The molecule has 0 fully saturated rings. The fraction of sp³-hybridized carbons (Fsp3) is 0.389. The second-order valence-electron chi connectivity index (χ2n) is 6.67. The summed E-state index contributed by atoms with van der Waals surface area (Å²) in [5.41, 5.74) is 6.67. The van der Waals surface area contributed by atoms with E-state index in [1.54, 1.807) is 11.7 Å². The molecule has 0 radical (unpaired) electrons. The average Bonchev–Trinajstić information content (AvgIpc) is 3.09. The van der Waals surface area contributed by atoms with E-state index in [-0.39, 0.29) is 31.0 Å². The number of rotatable bonds is 10. The number of hydrogen-bond acceptors (Lipinski definition) is 8. The molecule has 0 aliphatic carbocycles. The molecule has 2 heterocycles. The van der Waals surface area contributed by atoms with Gasteiger partial charge in [-0.15, -0.1) is 0 Å². The molecule has 0 bridgehead atoms. The number of anilines is 1. The van der Waals surface area contributed by atoms with E-state index >= 15 is 0 Å². The molecule has 1 aromatic carbocycles. The second kappa shape index (κ2) is 9.32. The van der Waals surface area contributed by atoms with Crippen molar-refractivity contribution in [3.8, 4) is 0 Å². The number of nitrogens with one attached hydrogen (secondary N) is 1. The summed E-state index contributed by atoms with van der Waals surface area (Å²) in [7, 11) is -1.44. The molecule has 10 nitrogen and oxygen atoms in total. The topological polar surface area (TPSA) is 134 Å². The van der Waals surface area contributed by atoms with Gasteiger partial charge < -0.3 is 24.3 Å². The van der Waals surface area contributed by atoms with Crippen LogP contribution in [0.3, 0.4) is 0 Å². The number of ether oxygens (including phenoxy) is 2. The summed E-state index contributed by atoms with van der Waals surface area (Å²) in [6, 6.07) is 9.50. The molecule has 0 saturated heterocycles. The van der Waals surface area contributed by atoms with Gasteiger partial charge in [0.25, 0.3) is 5.56 Å². The molecule has 0 saturated carbocycles. The number of aromatic nitrogens is 4. The molecule has 0 spiro atoms. The van der Waals surface area contributed by atoms with Crippen molar-refractivity contribution in [3.05, 3.63) is 52.6 Å². The third kappa shape index (κ3) is 5.74. The first-order valence-electron chi connectivity index (χ1n) is 8.94. The standard InChI is InChI=1S/C18H24N5O5P/c1-26-10-14(8-23-11-20-15-16(23)21-18(19)22-17(15)24)27-12-29(2,25)28-9-13-6-4-3-5-7-13/h3-7,11,14H,8-10,12H2,1-2H3,(H3,19,21,22,24)/t14-,29?/m1/s1. The number of hydrogen-bond donors (Lipinski definition) is 2. The fourth-order valence-corrected chi connectivity index (χ4v) is 3.70. The maximum Gasteiger partial charge on any atom is 0.280 e. The van der Waals surface area contributed by atoms with Crippen LogP contribution in [0.25, 0.3) is 11.2 Å². The summed E-state index contributed by atoms with van der Waals surface area (Å²) >= 11 is 0. The van der Waals surface area contributed by atoms with Crippen molar-refractivity contribution in [2.24, 2.45) is 0 Å². The molecular formula is C18H24N5O5P. The molecule has 2 atom stereocenters. The minimum Gasteiger partial charge on any atom is -0.382 e. The molecule has 3 rings (SSSR count). The molecule has 1 unspecified atom stereocenters. The third-order valence-electron chi connectivity index (χ3n) is 4.14. The average molecular weight is 421 g/mol. The van der Waals surface area contributed by atoms with Gasteiger partial charge in [0.15, 0.2) is 11.2 Å². The Labute approximate surface area is 167 Å². The van der Waals surface area contributed by atoms with Crippen LogP contribution in [0.5, 0.6) is 0 Å². The number of aromatic amines is 1. The van der Waals surface area contributed by atoms with Crippen molar-refractivity contribution in [3.63, 3.8) is 0 Å². The van der Waals surface area contributed by atoms with Crippen LogP contribution in [0, 0.1) is 0 Å². The van der Waals surface area contributed by atoms with Gasteiger partial charge in [-0.05, 0) is 5.56 Å². The van der Waals surface area contributed by atoms with E-state index in [1.165, 1.54) is 13.0 Å². The molecule has 3 N–H and O–H groups in total. The van der Waals surface area contributed by atoms with Gasteiger partial charge in [0, 0.05) is 13.8 Å². The number of benzene rings is 1. The van der Waals surface area contributed by atoms with Gasteiger partial charge in [0.05, 0.1) is 32.2 Å². The van der Waals surface area contributed by atoms with Crippen molar-refractivity contribution < 1.29 is 18.6 Å². The Morgan fingerprint density at radius 3 is 2.79 bits per heavy atom. The summed E-state index contributed by atoms with van der Waals surface area (Å²) in [5, 5.41) is 0. The highest BCUT2D eigenvalue weighted by atomic mass is 31.2. The minimum absolute atomic E-state index is 0.000770. The molecule has 2 aromatic heterocycles. The van der Waals surface area contributed by atoms with Crippen molar-refractivity contribution in [2.45, 2.75) is 19.3 Å². The van der Waals surface area contributed by atoms with Gasteiger partial charge in [-0.25, -0.2) is 4.98 Å². The Balaban J connectivity index is 1.64. The van der Waals surface area contributed by atoms with Gasteiger partial charge in [0.1, 0.15) is 6.35 Å². The highest BCUT2D eigenvalue weighted by molar-refractivity contribution is 7.57. The van der Waals surface area contributed by atoms with Crippen molar-refractivity contribution in [2.75, 3.05) is 32.5 Å². The number of fused-ring (bicyclic) bond motifs is 1. The largest absolute Gasteiger partial charge is 0.382 e. The lowest BCUT2D eigenvalue weighted by Crippen LogP contribution is -2.26. The lowest BCUT2D eigenvalue weighted by Gasteiger charge is -2.21. The van der Waals surface area contributed by atoms with E-state index in [0.717, 1.165) is 5.56 Å². The smallest absolute Gasteiger partial charge is 0.280 e. The molecule has 11 heteroatoms. The Hall–Kier alpha value is -2.52. The molecule has 3 aromatic rings. The normalized spacial score (nSPS) is 14.7. The zero-order valence-corrected chi connectivity index (χ0v) is 17.2. The van der Waals surface area contributed by atoms with E-state index in [4.69, 9.17) is 19.7 Å².